The highest BCUT2D eigenvalue weighted by Crippen LogP contribution is 2.46. The van der Waals surface area contributed by atoms with Crippen LogP contribution in [-0.4, -0.2) is 23.1 Å². The van der Waals surface area contributed by atoms with Crippen LogP contribution in [0.5, 0.6) is 0 Å². The van der Waals surface area contributed by atoms with Gasteiger partial charge < -0.3 is 5.32 Å². The number of nitrogens with one attached hydrogen (secondary N) is 1. The molecule has 2 rings (SSSR count). The Morgan fingerprint density at radius 1 is 1.16 bits per heavy atom. The first kappa shape index (κ1) is 14.4. The largest absolute Gasteiger partial charge is 0.316 e. The second-order valence-electron chi connectivity index (χ2n) is 6.61. The Balaban J connectivity index is 2.01. The van der Waals surface area contributed by atoms with E-state index in [0.29, 0.717) is 5.92 Å². The summed E-state index contributed by atoms with van der Waals surface area (Å²) in [4.78, 5) is 9.49. The summed E-state index contributed by atoms with van der Waals surface area (Å²) in [6.45, 7) is 13.1. The van der Waals surface area contributed by atoms with Crippen molar-refractivity contribution in [3.8, 4) is 0 Å². The molecular weight excluding hydrogens is 234 g/mol. The minimum atomic E-state index is 0.268. The van der Waals surface area contributed by atoms with E-state index in [1.807, 2.05) is 0 Å². The molecule has 0 unspecified atom stereocenters. The van der Waals surface area contributed by atoms with Gasteiger partial charge in [-0.25, -0.2) is 9.97 Å². The summed E-state index contributed by atoms with van der Waals surface area (Å²) in [5.74, 6) is 1.76. The molecule has 0 radical (unpaired) electrons. The van der Waals surface area contributed by atoms with Crippen molar-refractivity contribution in [3.63, 3.8) is 0 Å². The van der Waals surface area contributed by atoms with E-state index in [1.54, 1.807) is 0 Å². The zero-order valence-electron chi connectivity index (χ0n) is 13.0. The number of hydrogen-bond acceptors (Lipinski definition) is 3. The lowest BCUT2D eigenvalue weighted by molar-refractivity contribution is 0.552. The van der Waals surface area contributed by atoms with Crippen LogP contribution in [0.1, 0.15) is 56.4 Å². The molecule has 0 spiro atoms. The quantitative estimate of drug-likeness (QED) is 0.800. The lowest BCUT2D eigenvalue weighted by Gasteiger charge is -2.14. The topological polar surface area (TPSA) is 37.8 Å². The Morgan fingerprint density at radius 2 is 1.74 bits per heavy atom. The third kappa shape index (κ3) is 3.53. The second-order valence-corrected chi connectivity index (χ2v) is 6.61. The van der Waals surface area contributed by atoms with E-state index in [1.165, 1.54) is 29.8 Å². The highest BCUT2D eigenvalue weighted by atomic mass is 14.9. The van der Waals surface area contributed by atoms with Gasteiger partial charge >= 0.3 is 0 Å². The Labute approximate surface area is 117 Å². The zero-order chi connectivity index (χ0) is 14.0. The van der Waals surface area contributed by atoms with Crippen molar-refractivity contribution < 1.29 is 0 Å². The lowest BCUT2D eigenvalue weighted by Crippen LogP contribution is -2.23. The molecule has 1 saturated carbocycles. The van der Waals surface area contributed by atoms with Gasteiger partial charge in [-0.3, -0.25) is 0 Å². The second kappa shape index (κ2) is 5.58. The molecule has 1 aliphatic carbocycles. The molecule has 3 nitrogen and oxygen atoms in total. The van der Waals surface area contributed by atoms with Crippen LogP contribution in [0.2, 0.25) is 0 Å². The van der Waals surface area contributed by atoms with E-state index in [2.05, 4.69) is 39.9 Å². The molecule has 1 heterocycles. The fraction of sp³-hybridized carbons (Fsp3) is 0.750. The molecule has 0 saturated heterocycles. The van der Waals surface area contributed by atoms with Crippen LogP contribution < -0.4 is 5.32 Å². The number of nitrogens with zero attached hydrogens (tertiary/aromatic N) is 2. The van der Waals surface area contributed by atoms with Gasteiger partial charge in [0, 0.05) is 16.8 Å². The molecule has 1 fully saturated rings. The Kier molecular flexibility index (Phi) is 4.24. The average Bonchev–Trinajstić information content (AvgIpc) is 3.06. The summed E-state index contributed by atoms with van der Waals surface area (Å²) in [7, 11) is 0. The maximum absolute atomic E-state index is 4.74. The molecule has 19 heavy (non-hydrogen) atoms. The molecular formula is C16H27N3. The van der Waals surface area contributed by atoms with Crippen LogP contribution >= 0.6 is 0 Å². The predicted molar refractivity (Wildman–Crippen MR) is 79.5 cm³/mol. The van der Waals surface area contributed by atoms with Crippen LogP contribution in [0.15, 0.2) is 0 Å². The number of hydrogen-bond donors (Lipinski definition) is 1. The normalized spacial score (nSPS) is 16.9. The monoisotopic (exact) mass is 261 g/mol. The molecule has 1 aliphatic rings. The van der Waals surface area contributed by atoms with E-state index in [9.17, 15) is 0 Å². The summed E-state index contributed by atoms with van der Waals surface area (Å²) >= 11 is 0. The first-order chi connectivity index (χ1) is 8.92. The van der Waals surface area contributed by atoms with E-state index < -0.39 is 0 Å². The van der Waals surface area contributed by atoms with Crippen molar-refractivity contribution in [2.45, 2.75) is 59.3 Å². The first-order valence-corrected chi connectivity index (χ1v) is 7.48. The number of aromatic nitrogens is 2. The highest BCUT2D eigenvalue weighted by Gasteiger charge is 2.42. The lowest BCUT2D eigenvalue weighted by atomic mass is 10.1. The van der Waals surface area contributed by atoms with Gasteiger partial charge in [0.05, 0.1) is 0 Å². The Bertz CT molecular complexity index is 424. The summed E-state index contributed by atoms with van der Waals surface area (Å²) in [5, 5.41) is 3.49. The Morgan fingerprint density at radius 3 is 2.21 bits per heavy atom. The molecule has 3 heteroatoms. The smallest absolute Gasteiger partial charge is 0.134 e. The van der Waals surface area contributed by atoms with Gasteiger partial charge in [0.15, 0.2) is 0 Å². The molecule has 1 N–H and O–H groups in total. The molecule has 106 valence electrons. The maximum atomic E-state index is 4.74. The summed E-state index contributed by atoms with van der Waals surface area (Å²) in [6.07, 6.45) is 3.50. The van der Waals surface area contributed by atoms with Crippen LogP contribution in [0.25, 0.3) is 0 Å². The summed E-state index contributed by atoms with van der Waals surface area (Å²) < 4.78 is 0. The SMILES string of the molecule is Cc1nc(C2(C)CC2)nc(C)c1CCNCC(C)C. The maximum Gasteiger partial charge on any atom is 0.134 e. The van der Waals surface area contributed by atoms with E-state index in [0.717, 1.165) is 25.3 Å². The van der Waals surface area contributed by atoms with Gasteiger partial charge in [0.1, 0.15) is 5.82 Å². The Hall–Kier alpha value is -0.960. The van der Waals surface area contributed by atoms with Crippen molar-refractivity contribution >= 4 is 0 Å². The highest BCUT2D eigenvalue weighted by molar-refractivity contribution is 5.28. The van der Waals surface area contributed by atoms with E-state index in [-0.39, 0.29) is 5.41 Å². The fourth-order valence-corrected chi connectivity index (χ4v) is 2.39. The van der Waals surface area contributed by atoms with Crippen molar-refractivity contribution in [2.75, 3.05) is 13.1 Å². The van der Waals surface area contributed by atoms with E-state index >= 15 is 0 Å². The first-order valence-electron chi connectivity index (χ1n) is 7.48. The molecule has 1 aromatic heterocycles. The molecule has 1 aromatic rings. The van der Waals surface area contributed by atoms with Gasteiger partial charge in [-0.05, 0) is 57.7 Å². The molecule has 0 amide bonds. The van der Waals surface area contributed by atoms with Gasteiger partial charge in [-0.15, -0.1) is 0 Å². The molecule has 0 aromatic carbocycles. The van der Waals surface area contributed by atoms with Crippen LogP contribution in [-0.2, 0) is 11.8 Å². The third-order valence-electron chi connectivity index (χ3n) is 4.06. The van der Waals surface area contributed by atoms with Crippen LogP contribution in [0.4, 0.5) is 0 Å². The summed E-state index contributed by atoms with van der Waals surface area (Å²) in [5.41, 5.74) is 3.93. The van der Waals surface area contributed by atoms with Crippen LogP contribution in [0, 0.1) is 19.8 Å². The molecule has 0 aliphatic heterocycles. The number of aryl methyl sites for hydroxylation is 2. The van der Waals surface area contributed by atoms with Gasteiger partial charge in [-0.1, -0.05) is 20.8 Å². The minimum Gasteiger partial charge on any atom is -0.316 e. The van der Waals surface area contributed by atoms with Crippen molar-refractivity contribution in [3.05, 3.63) is 22.8 Å². The van der Waals surface area contributed by atoms with Crippen molar-refractivity contribution in [1.82, 2.24) is 15.3 Å². The van der Waals surface area contributed by atoms with Gasteiger partial charge in [0.2, 0.25) is 0 Å². The average molecular weight is 261 g/mol. The third-order valence-corrected chi connectivity index (χ3v) is 4.06. The molecule has 0 atom stereocenters. The summed E-state index contributed by atoms with van der Waals surface area (Å²) in [6, 6.07) is 0. The minimum absolute atomic E-state index is 0.268. The fourth-order valence-electron chi connectivity index (χ4n) is 2.39. The van der Waals surface area contributed by atoms with Gasteiger partial charge in [-0.2, -0.15) is 0 Å². The number of rotatable bonds is 6. The molecule has 0 bridgehead atoms. The predicted octanol–water partition coefficient (Wildman–Crippen LogP) is 2.93. The standard InChI is InChI=1S/C16H27N3/c1-11(2)10-17-9-6-14-12(3)18-15(19-13(14)4)16(5)7-8-16/h11,17H,6-10H2,1-5H3. The van der Waals surface area contributed by atoms with Crippen molar-refractivity contribution in [2.24, 2.45) is 5.92 Å². The zero-order valence-corrected chi connectivity index (χ0v) is 13.0. The van der Waals surface area contributed by atoms with E-state index in [4.69, 9.17) is 9.97 Å². The van der Waals surface area contributed by atoms with Crippen LogP contribution in [0.3, 0.4) is 0 Å². The van der Waals surface area contributed by atoms with Crippen molar-refractivity contribution in [1.29, 1.82) is 0 Å². The van der Waals surface area contributed by atoms with Gasteiger partial charge in [0.25, 0.3) is 0 Å².